The van der Waals surface area contributed by atoms with E-state index in [-0.39, 0.29) is 5.82 Å². The number of aromatic nitrogens is 3. The molecule has 0 aliphatic rings. The highest BCUT2D eigenvalue weighted by atomic mass is 79.9. The minimum atomic E-state index is -0.387. The third-order valence-corrected chi connectivity index (χ3v) is 2.26. The third-order valence-electron chi connectivity index (χ3n) is 1.86. The monoisotopic (exact) mass is 267 g/mol. The predicted octanol–water partition coefficient (Wildman–Crippen LogP) is 2.75. The lowest BCUT2D eigenvalue weighted by atomic mass is 10.2. The lowest BCUT2D eigenvalue weighted by molar-refractivity contribution is 0.624. The van der Waals surface area contributed by atoms with Crippen molar-refractivity contribution in [2.45, 2.75) is 6.92 Å². The second-order valence-corrected chi connectivity index (χ2v) is 3.79. The van der Waals surface area contributed by atoms with Gasteiger partial charge in [0.05, 0.1) is 11.9 Å². The largest absolute Gasteiger partial charge is 0.262 e. The van der Waals surface area contributed by atoms with E-state index < -0.39 is 0 Å². The van der Waals surface area contributed by atoms with Crippen LogP contribution in [0.4, 0.5) is 4.39 Å². The Morgan fingerprint density at radius 1 is 1.33 bits per heavy atom. The van der Waals surface area contributed by atoms with Crippen LogP contribution in [-0.2, 0) is 0 Å². The highest BCUT2D eigenvalue weighted by molar-refractivity contribution is 9.10. The van der Waals surface area contributed by atoms with E-state index >= 15 is 0 Å². The Bertz CT molecular complexity index is 482. The fourth-order valence-electron chi connectivity index (χ4n) is 1.25. The minimum Gasteiger partial charge on any atom is -0.262 e. The second-order valence-electron chi connectivity index (χ2n) is 2.98. The van der Waals surface area contributed by atoms with Crippen LogP contribution in [0.1, 0.15) is 5.82 Å². The van der Waals surface area contributed by atoms with E-state index in [1.165, 1.54) is 12.4 Å². The minimum absolute atomic E-state index is 0.387. The Labute approximate surface area is 94.5 Å². The number of aryl methyl sites for hydroxylation is 1. The van der Waals surface area contributed by atoms with Crippen LogP contribution in [0.3, 0.4) is 0 Å². The molecule has 0 fully saturated rings. The summed E-state index contributed by atoms with van der Waals surface area (Å²) in [5.74, 6) is 0.207. The van der Waals surface area contributed by atoms with Crippen molar-refractivity contribution in [1.29, 1.82) is 0 Å². The summed E-state index contributed by atoms with van der Waals surface area (Å²) in [5.41, 5.74) is 0.977. The van der Waals surface area contributed by atoms with Crippen molar-refractivity contribution in [3.63, 3.8) is 0 Å². The normalized spacial score (nSPS) is 10.3. The molecule has 2 rings (SSSR count). The van der Waals surface area contributed by atoms with Gasteiger partial charge in [0.25, 0.3) is 0 Å². The maximum absolute atomic E-state index is 13.4. The van der Waals surface area contributed by atoms with Crippen molar-refractivity contribution >= 4 is 15.9 Å². The lowest BCUT2D eigenvalue weighted by Crippen LogP contribution is -1.94. The molecule has 0 unspecified atom stereocenters. The molecule has 0 atom stereocenters. The zero-order chi connectivity index (χ0) is 10.8. The van der Waals surface area contributed by atoms with Crippen LogP contribution < -0.4 is 0 Å². The van der Waals surface area contributed by atoms with Gasteiger partial charge in [0.15, 0.2) is 5.82 Å². The Morgan fingerprint density at radius 3 is 2.80 bits per heavy atom. The van der Waals surface area contributed by atoms with Crippen LogP contribution in [-0.4, -0.2) is 15.0 Å². The molecule has 0 aliphatic heterocycles. The van der Waals surface area contributed by atoms with Crippen molar-refractivity contribution < 1.29 is 4.39 Å². The van der Waals surface area contributed by atoms with Crippen molar-refractivity contribution in [3.05, 3.63) is 40.8 Å². The molecule has 0 radical (unpaired) electrons. The molecule has 0 aromatic carbocycles. The topological polar surface area (TPSA) is 38.7 Å². The number of rotatable bonds is 1. The zero-order valence-electron chi connectivity index (χ0n) is 7.91. The van der Waals surface area contributed by atoms with Crippen molar-refractivity contribution in [2.75, 3.05) is 0 Å². The summed E-state index contributed by atoms with van der Waals surface area (Å²) in [7, 11) is 0. The molecule has 15 heavy (non-hydrogen) atoms. The van der Waals surface area contributed by atoms with Gasteiger partial charge < -0.3 is 0 Å². The van der Waals surface area contributed by atoms with Crippen molar-refractivity contribution in [2.24, 2.45) is 0 Å². The van der Waals surface area contributed by atoms with Gasteiger partial charge in [0.1, 0.15) is 10.4 Å². The average molecular weight is 268 g/mol. The van der Waals surface area contributed by atoms with E-state index in [0.29, 0.717) is 21.7 Å². The van der Waals surface area contributed by atoms with Crippen molar-refractivity contribution in [3.8, 4) is 11.3 Å². The van der Waals surface area contributed by atoms with E-state index in [1.54, 1.807) is 19.1 Å². The smallest absolute Gasteiger partial charge is 0.150 e. The van der Waals surface area contributed by atoms with Crippen LogP contribution in [0.5, 0.6) is 0 Å². The van der Waals surface area contributed by atoms with Crippen LogP contribution in [0.2, 0.25) is 0 Å². The van der Waals surface area contributed by atoms with Gasteiger partial charge in [-0.3, -0.25) is 4.98 Å². The van der Waals surface area contributed by atoms with Gasteiger partial charge in [0, 0.05) is 11.8 Å². The molecule has 0 spiro atoms. The Hall–Kier alpha value is -1.36. The van der Waals surface area contributed by atoms with Crippen molar-refractivity contribution in [1.82, 2.24) is 15.0 Å². The van der Waals surface area contributed by atoms with Gasteiger partial charge in [-0.1, -0.05) is 0 Å². The van der Waals surface area contributed by atoms with Gasteiger partial charge in [-0.2, -0.15) is 0 Å². The molecular weight excluding hydrogens is 261 g/mol. The maximum Gasteiger partial charge on any atom is 0.150 e. The van der Waals surface area contributed by atoms with E-state index in [2.05, 4.69) is 30.9 Å². The summed E-state index contributed by atoms with van der Waals surface area (Å²) in [4.78, 5) is 11.9. The molecular formula is C10H7BrFN3. The number of pyridine rings is 1. The summed E-state index contributed by atoms with van der Waals surface area (Å²) in [5, 5.41) is 0. The van der Waals surface area contributed by atoms with E-state index in [9.17, 15) is 4.39 Å². The number of hydrogen-bond acceptors (Lipinski definition) is 3. The number of nitrogens with zero attached hydrogens (tertiary/aromatic N) is 3. The number of halogens is 2. The Balaban J connectivity index is 2.59. The second kappa shape index (κ2) is 4.02. The summed E-state index contributed by atoms with van der Waals surface area (Å²) >= 11 is 3.25. The molecule has 3 nitrogen and oxygen atoms in total. The van der Waals surface area contributed by atoms with E-state index in [0.717, 1.165) is 0 Å². The average Bonchev–Trinajstić information content (AvgIpc) is 2.16. The molecule has 2 aromatic rings. The quantitative estimate of drug-likeness (QED) is 0.746. The molecule has 5 heteroatoms. The molecule has 2 heterocycles. The van der Waals surface area contributed by atoms with Crippen LogP contribution in [0.25, 0.3) is 11.3 Å². The zero-order valence-corrected chi connectivity index (χ0v) is 9.49. The molecule has 0 saturated heterocycles. The number of hydrogen-bond donors (Lipinski definition) is 0. The fourth-order valence-corrected chi connectivity index (χ4v) is 1.73. The SMILES string of the molecule is Cc1nc(Br)cc(-c2ccncc2F)n1. The van der Waals surface area contributed by atoms with Crippen LogP contribution in [0, 0.1) is 12.7 Å². The maximum atomic E-state index is 13.4. The van der Waals surface area contributed by atoms with Gasteiger partial charge in [-0.25, -0.2) is 14.4 Å². The highest BCUT2D eigenvalue weighted by Crippen LogP contribution is 2.21. The molecule has 76 valence electrons. The summed E-state index contributed by atoms with van der Waals surface area (Å²) in [6, 6.07) is 3.26. The molecule has 2 aromatic heterocycles. The molecule has 0 amide bonds. The molecule has 0 bridgehead atoms. The van der Waals surface area contributed by atoms with Gasteiger partial charge in [-0.15, -0.1) is 0 Å². The fraction of sp³-hybridized carbons (Fsp3) is 0.100. The first-order valence-electron chi connectivity index (χ1n) is 4.28. The summed E-state index contributed by atoms with van der Waals surface area (Å²) < 4.78 is 14.0. The first kappa shape index (κ1) is 10.2. The standard InChI is InChI=1S/C10H7BrFN3/c1-6-14-9(4-10(11)15-6)7-2-3-13-5-8(7)12/h2-5H,1H3. The Morgan fingerprint density at radius 2 is 2.13 bits per heavy atom. The summed E-state index contributed by atoms with van der Waals surface area (Å²) in [6.07, 6.45) is 2.70. The third kappa shape index (κ3) is 2.18. The predicted molar refractivity (Wildman–Crippen MR) is 57.7 cm³/mol. The molecule has 0 N–H and O–H groups in total. The first-order chi connectivity index (χ1) is 7.16. The van der Waals surface area contributed by atoms with Gasteiger partial charge in [-0.05, 0) is 35.0 Å². The van der Waals surface area contributed by atoms with Gasteiger partial charge in [0.2, 0.25) is 0 Å². The molecule has 0 saturated carbocycles. The van der Waals surface area contributed by atoms with Gasteiger partial charge >= 0.3 is 0 Å². The highest BCUT2D eigenvalue weighted by Gasteiger charge is 2.07. The van der Waals surface area contributed by atoms with Crippen LogP contribution >= 0.6 is 15.9 Å². The van der Waals surface area contributed by atoms with Crippen LogP contribution in [0.15, 0.2) is 29.1 Å². The van der Waals surface area contributed by atoms with E-state index in [4.69, 9.17) is 0 Å². The lowest BCUT2D eigenvalue weighted by Gasteiger charge is -2.03. The summed E-state index contributed by atoms with van der Waals surface area (Å²) in [6.45, 7) is 1.76. The Kier molecular flexibility index (Phi) is 2.73. The van der Waals surface area contributed by atoms with E-state index in [1.807, 2.05) is 0 Å². The first-order valence-corrected chi connectivity index (χ1v) is 5.07. The molecule has 0 aliphatic carbocycles.